The molecule has 45 heavy (non-hydrogen) atoms. The van der Waals surface area contributed by atoms with Crippen molar-refractivity contribution in [3.8, 4) is 34.1 Å². The molecule has 0 bridgehead atoms. The van der Waals surface area contributed by atoms with Crippen LogP contribution in [0.1, 0.15) is 38.8 Å². The minimum absolute atomic E-state index is 0.290. The molecule has 8 heteroatoms. The van der Waals surface area contributed by atoms with Gasteiger partial charge in [0.1, 0.15) is 29.3 Å². The van der Waals surface area contributed by atoms with E-state index in [0.29, 0.717) is 50.8 Å². The number of aldehydes is 1. The van der Waals surface area contributed by atoms with Gasteiger partial charge >= 0.3 is 17.9 Å². The van der Waals surface area contributed by atoms with Crippen LogP contribution in [-0.4, -0.2) is 31.3 Å². The Morgan fingerprint density at radius 3 is 1.67 bits per heavy atom. The highest BCUT2D eigenvalue weighted by Gasteiger charge is 2.15. The van der Waals surface area contributed by atoms with E-state index in [-0.39, 0.29) is 5.57 Å². The molecule has 3 aromatic rings. The van der Waals surface area contributed by atoms with E-state index in [9.17, 15) is 19.2 Å². The van der Waals surface area contributed by atoms with Gasteiger partial charge in [-0.1, -0.05) is 62.2 Å². The molecule has 0 aliphatic carbocycles. The second-order valence-electron chi connectivity index (χ2n) is 9.74. The van der Waals surface area contributed by atoms with E-state index in [2.05, 4.69) is 19.7 Å². The number of benzene rings is 3. The van der Waals surface area contributed by atoms with E-state index >= 15 is 0 Å². The number of carbonyl (C=O) groups excluding carboxylic acids is 4. The average molecular weight is 609 g/mol. The van der Waals surface area contributed by atoms with Gasteiger partial charge in [-0.3, -0.25) is 4.79 Å². The summed E-state index contributed by atoms with van der Waals surface area (Å²) in [6, 6.07) is 17.2. The van der Waals surface area contributed by atoms with Gasteiger partial charge in [0.2, 0.25) is 0 Å². The van der Waals surface area contributed by atoms with Crippen LogP contribution in [0.4, 0.5) is 0 Å². The lowest BCUT2D eigenvalue weighted by molar-refractivity contribution is -0.130. The molecule has 0 heterocycles. The summed E-state index contributed by atoms with van der Waals surface area (Å²) in [4.78, 5) is 45.3. The highest BCUT2D eigenvalue weighted by atomic mass is 16.5. The molecule has 232 valence electrons. The summed E-state index contributed by atoms with van der Waals surface area (Å²) in [5, 5.41) is 0. The number of allylic oxidation sites excluding steroid dienone is 2. The number of ether oxygens (including phenoxy) is 4. The lowest BCUT2D eigenvalue weighted by Crippen LogP contribution is -2.08. The topological polar surface area (TPSA) is 105 Å². The fourth-order valence-electron chi connectivity index (χ4n) is 3.40. The van der Waals surface area contributed by atoms with Gasteiger partial charge in [-0.2, -0.15) is 0 Å². The molecule has 0 saturated carbocycles. The fraction of sp³-hybridized carbons (Fsp3) is 0.135. The summed E-state index contributed by atoms with van der Waals surface area (Å²) in [6.45, 7) is 17.0. The molecule has 0 saturated heterocycles. The normalized spacial score (nSPS) is 10.3. The van der Waals surface area contributed by atoms with E-state index in [1.165, 1.54) is 6.08 Å². The quantitative estimate of drug-likeness (QED) is 0.0716. The van der Waals surface area contributed by atoms with Crippen LogP contribution in [0.2, 0.25) is 0 Å². The molecule has 3 aromatic carbocycles. The Kier molecular flexibility index (Phi) is 13.7. The maximum absolute atomic E-state index is 12.4. The van der Waals surface area contributed by atoms with Gasteiger partial charge in [0.25, 0.3) is 0 Å². The average Bonchev–Trinajstić information content (AvgIpc) is 3.01. The SMILES string of the molecule is C=C(C)C(=O)Oc1ccc(/C=C/c2cc(OC(=O)/C=C/C)c(-c3ccc(OC(=O)C(=C)C)cc3)cc2OC)cc1.C=C(C)C=O. The van der Waals surface area contributed by atoms with Gasteiger partial charge in [-0.15, -0.1) is 0 Å². The summed E-state index contributed by atoms with van der Waals surface area (Å²) >= 11 is 0. The molecule has 0 N–H and O–H groups in total. The van der Waals surface area contributed by atoms with Gasteiger partial charge in [0, 0.05) is 28.3 Å². The molecule has 0 unspecified atom stereocenters. The molecule has 3 rings (SSSR count). The molecule has 8 nitrogen and oxygen atoms in total. The summed E-state index contributed by atoms with van der Waals surface area (Å²) in [5.41, 5.74) is 4.00. The molecule has 0 spiro atoms. The van der Waals surface area contributed by atoms with Crippen molar-refractivity contribution in [1.29, 1.82) is 0 Å². The van der Waals surface area contributed by atoms with Crippen molar-refractivity contribution in [3.05, 3.63) is 120 Å². The number of carbonyl (C=O) groups is 4. The van der Waals surface area contributed by atoms with Crippen LogP contribution in [-0.2, 0) is 19.2 Å². The Balaban J connectivity index is 0.00000130. The molecule has 0 radical (unpaired) electrons. The smallest absolute Gasteiger partial charge is 0.338 e. The number of rotatable bonds is 11. The lowest BCUT2D eigenvalue weighted by Gasteiger charge is -2.14. The van der Waals surface area contributed by atoms with E-state index in [1.807, 2.05) is 12.2 Å². The highest BCUT2D eigenvalue weighted by molar-refractivity contribution is 5.90. The van der Waals surface area contributed by atoms with Crippen molar-refractivity contribution in [3.63, 3.8) is 0 Å². The Hall–Kier alpha value is -5.76. The maximum atomic E-state index is 12.4. The second kappa shape index (κ2) is 17.4. The third-order valence-electron chi connectivity index (χ3n) is 5.67. The van der Waals surface area contributed by atoms with Gasteiger partial charge in [0.05, 0.1) is 7.11 Å². The van der Waals surface area contributed by atoms with Crippen molar-refractivity contribution in [2.75, 3.05) is 7.11 Å². The third kappa shape index (κ3) is 11.4. The van der Waals surface area contributed by atoms with Crippen LogP contribution >= 0.6 is 0 Å². The van der Waals surface area contributed by atoms with Crippen LogP contribution in [0.3, 0.4) is 0 Å². The third-order valence-corrected chi connectivity index (χ3v) is 5.67. The molecule has 0 aliphatic rings. The van der Waals surface area contributed by atoms with Crippen LogP contribution < -0.4 is 18.9 Å². The van der Waals surface area contributed by atoms with Crippen molar-refractivity contribution in [2.45, 2.75) is 27.7 Å². The number of hydrogen-bond donors (Lipinski definition) is 0. The van der Waals surface area contributed by atoms with Crippen LogP contribution in [0.15, 0.2) is 109 Å². The van der Waals surface area contributed by atoms with Crippen LogP contribution in [0, 0.1) is 0 Å². The van der Waals surface area contributed by atoms with Crippen molar-refractivity contribution >= 4 is 36.3 Å². The summed E-state index contributed by atoms with van der Waals surface area (Å²) in [7, 11) is 1.55. The van der Waals surface area contributed by atoms with Crippen molar-refractivity contribution in [1.82, 2.24) is 0 Å². The first-order chi connectivity index (χ1) is 21.4. The first-order valence-electron chi connectivity index (χ1n) is 13.7. The second-order valence-corrected chi connectivity index (χ2v) is 9.74. The van der Waals surface area contributed by atoms with Gasteiger partial charge < -0.3 is 18.9 Å². The largest absolute Gasteiger partial charge is 0.496 e. The molecule has 0 fully saturated rings. The first kappa shape index (κ1) is 35.4. The molecule has 0 aliphatic heterocycles. The van der Waals surface area contributed by atoms with E-state index in [1.54, 1.807) is 102 Å². The Labute approximate surface area is 263 Å². The minimum atomic E-state index is -0.532. The van der Waals surface area contributed by atoms with E-state index < -0.39 is 17.9 Å². The van der Waals surface area contributed by atoms with Crippen LogP contribution in [0.5, 0.6) is 23.0 Å². The molecule has 0 atom stereocenters. The molecule has 0 amide bonds. The summed E-state index contributed by atoms with van der Waals surface area (Å²) in [5.74, 6) is 0.0846. The minimum Gasteiger partial charge on any atom is -0.496 e. The Morgan fingerprint density at radius 1 is 0.711 bits per heavy atom. The zero-order chi connectivity index (χ0) is 33.5. The highest BCUT2D eigenvalue weighted by Crippen LogP contribution is 2.38. The summed E-state index contributed by atoms with van der Waals surface area (Å²) in [6.07, 6.45) is 7.31. The fourth-order valence-corrected chi connectivity index (χ4v) is 3.40. The predicted molar refractivity (Wildman–Crippen MR) is 176 cm³/mol. The number of esters is 3. The number of methoxy groups -OCH3 is 1. The monoisotopic (exact) mass is 608 g/mol. The zero-order valence-electron chi connectivity index (χ0n) is 26.0. The maximum Gasteiger partial charge on any atom is 0.338 e. The van der Waals surface area contributed by atoms with Gasteiger partial charge in [-0.05, 0) is 80.8 Å². The molecular weight excluding hydrogens is 572 g/mol. The van der Waals surface area contributed by atoms with Gasteiger partial charge in [0.15, 0.2) is 0 Å². The van der Waals surface area contributed by atoms with E-state index in [4.69, 9.17) is 18.9 Å². The standard InChI is InChI=1S/C33H30O7.C4H6O/c1-7-8-31(34)40-30-19-25(12-9-23-10-15-26(16-11-23)38-32(35)21(2)3)29(37-6)20-28(30)24-13-17-27(18-14-24)39-33(36)22(4)5;1-4(2)3-5/h7-20H,2,4H2,1,3,5-6H3;3H,1H2,2H3/b8-7+,12-9+;. The predicted octanol–water partition coefficient (Wildman–Crippen LogP) is 7.74. The Bertz CT molecular complexity index is 1640. The van der Waals surface area contributed by atoms with Crippen LogP contribution in [0.25, 0.3) is 23.3 Å². The van der Waals surface area contributed by atoms with Crippen molar-refractivity contribution < 1.29 is 38.1 Å². The lowest BCUT2D eigenvalue weighted by atomic mass is 10.0. The molecule has 0 aromatic heterocycles. The first-order valence-corrected chi connectivity index (χ1v) is 13.7. The zero-order valence-corrected chi connectivity index (χ0v) is 26.0. The molecular formula is C37H36O8. The van der Waals surface area contributed by atoms with Gasteiger partial charge in [-0.25, -0.2) is 14.4 Å². The Morgan fingerprint density at radius 2 is 1.22 bits per heavy atom. The van der Waals surface area contributed by atoms with Crippen molar-refractivity contribution in [2.24, 2.45) is 0 Å². The summed E-state index contributed by atoms with van der Waals surface area (Å²) < 4.78 is 21.8. The van der Waals surface area contributed by atoms with E-state index in [0.717, 1.165) is 11.8 Å². The number of hydrogen-bond acceptors (Lipinski definition) is 8.